The number of carbonyl (C=O) groups is 1. The molecule has 3 saturated carbocycles. The summed E-state index contributed by atoms with van der Waals surface area (Å²) in [5, 5.41) is 10.7. The molecule has 0 amide bonds. The summed E-state index contributed by atoms with van der Waals surface area (Å²) in [5.74, 6) is 4.10. The molecule has 0 aromatic rings. The fourth-order valence-corrected chi connectivity index (χ4v) is 9.36. The van der Waals surface area contributed by atoms with Crippen LogP contribution in [0.3, 0.4) is 0 Å². The van der Waals surface area contributed by atoms with Crippen LogP contribution in [0.15, 0.2) is 11.6 Å². The Morgan fingerprint density at radius 2 is 1.83 bits per heavy atom. The first-order valence-corrected chi connectivity index (χ1v) is 15.2. The van der Waals surface area contributed by atoms with Crippen molar-refractivity contribution in [1.82, 2.24) is 0 Å². The topological polar surface area (TPSA) is 72.5 Å². The predicted octanol–water partition coefficient (Wildman–Crippen LogP) is 6.89. The Bertz CT molecular complexity index is 820. The fourth-order valence-electron chi connectivity index (χ4n) is 9.36. The Hall–Kier alpha value is -0.870. The molecular formula is C32H55NO3. The van der Waals surface area contributed by atoms with Crippen LogP contribution in [-0.4, -0.2) is 29.3 Å². The summed E-state index contributed by atoms with van der Waals surface area (Å²) < 4.78 is 6.20. The smallest absolute Gasteiger partial charge is 0.323 e. The lowest BCUT2D eigenvalue weighted by Crippen LogP contribution is -2.57. The number of aliphatic hydroxyl groups excluding tert-OH is 1. The quantitative estimate of drug-likeness (QED) is 0.280. The van der Waals surface area contributed by atoms with Gasteiger partial charge in [0.25, 0.3) is 0 Å². The molecule has 0 saturated heterocycles. The summed E-state index contributed by atoms with van der Waals surface area (Å²) in [6, 6.07) is -0.609. The van der Waals surface area contributed by atoms with Gasteiger partial charge in [0.15, 0.2) is 0 Å². The third-order valence-electron chi connectivity index (χ3n) is 11.6. The van der Waals surface area contributed by atoms with Crippen molar-refractivity contribution < 1.29 is 14.6 Å². The first-order valence-electron chi connectivity index (χ1n) is 15.2. The molecule has 3 fully saturated rings. The van der Waals surface area contributed by atoms with E-state index in [0.717, 1.165) is 36.5 Å². The lowest BCUT2D eigenvalue weighted by atomic mass is 9.46. The molecule has 0 aromatic carbocycles. The second kappa shape index (κ2) is 10.7. The van der Waals surface area contributed by atoms with E-state index in [-0.39, 0.29) is 23.4 Å². The number of esters is 1. The van der Waals surface area contributed by atoms with E-state index in [1.807, 2.05) is 13.8 Å². The van der Waals surface area contributed by atoms with E-state index >= 15 is 0 Å². The van der Waals surface area contributed by atoms with Crippen molar-refractivity contribution in [2.24, 2.45) is 58.0 Å². The van der Waals surface area contributed by atoms with Gasteiger partial charge in [-0.15, -0.1) is 0 Å². The highest BCUT2D eigenvalue weighted by Crippen LogP contribution is 2.67. The summed E-state index contributed by atoms with van der Waals surface area (Å²) in [6.07, 6.45) is 13.4. The molecule has 4 rings (SSSR count). The fraction of sp³-hybridized carbons (Fsp3) is 0.906. The highest BCUT2D eigenvalue weighted by molar-refractivity contribution is 5.76. The number of allylic oxidation sites excluding steroid dienone is 1. The summed E-state index contributed by atoms with van der Waals surface area (Å²) >= 11 is 0. The SMILES string of the molecule is CC(C)CCC[C@@H](C)[C@H]1CC[C@H]2[C@@H]3CC=C4C[C@@H](O)CC(OC(=O)[C@@H](N)C(C)C)[C@]4(C)[C@H]3CC[C@]12C. The zero-order valence-electron chi connectivity index (χ0n) is 24.3. The summed E-state index contributed by atoms with van der Waals surface area (Å²) in [6.45, 7) is 16.1. The number of nitrogens with two attached hydrogens (primary N) is 1. The van der Waals surface area contributed by atoms with Crippen molar-refractivity contribution in [2.45, 2.75) is 131 Å². The van der Waals surface area contributed by atoms with Gasteiger partial charge in [0.05, 0.1) is 6.10 Å². The number of aliphatic hydroxyl groups is 1. The van der Waals surface area contributed by atoms with Crippen molar-refractivity contribution in [3.05, 3.63) is 11.6 Å². The lowest BCUT2D eigenvalue weighted by Gasteiger charge is -2.60. The molecule has 4 aliphatic carbocycles. The molecule has 1 unspecified atom stereocenters. The second-order valence-corrected chi connectivity index (χ2v) is 14.4. The highest BCUT2D eigenvalue weighted by Gasteiger charge is 2.61. The highest BCUT2D eigenvalue weighted by atomic mass is 16.5. The van der Waals surface area contributed by atoms with Gasteiger partial charge < -0.3 is 15.6 Å². The van der Waals surface area contributed by atoms with Crippen LogP contribution in [0.5, 0.6) is 0 Å². The summed E-state index contributed by atoms with van der Waals surface area (Å²) in [5.41, 5.74) is 7.76. The summed E-state index contributed by atoms with van der Waals surface area (Å²) in [7, 11) is 0. The number of ether oxygens (including phenoxy) is 1. The lowest BCUT2D eigenvalue weighted by molar-refractivity contribution is -0.171. The minimum Gasteiger partial charge on any atom is -0.460 e. The molecule has 0 bridgehead atoms. The molecule has 0 radical (unpaired) electrons. The van der Waals surface area contributed by atoms with Gasteiger partial charge in [0.2, 0.25) is 0 Å². The van der Waals surface area contributed by atoms with E-state index in [0.29, 0.717) is 23.7 Å². The number of rotatable bonds is 8. The van der Waals surface area contributed by atoms with Crippen LogP contribution < -0.4 is 5.73 Å². The first kappa shape index (κ1) is 28.1. The van der Waals surface area contributed by atoms with Crippen LogP contribution in [0.4, 0.5) is 0 Å². The van der Waals surface area contributed by atoms with Crippen LogP contribution in [0.2, 0.25) is 0 Å². The Kier molecular flexibility index (Phi) is 8.38. The van der Waals surface area contributed by atoms with Crippen molar-refractivity contribution in [3.63, 3.8) is 0 Å². The molecule has 10 atom stereocenters. The Balaban J connectivity index is 1.55. The van der Waals surface area contributed by atoms with Gasteiger partial charge in [0.1, 0.15) is 12.1 Å². The van der Waals surface area contributed by atoms with Crippen molar-refractivity contribution in [2.75, 3.05) is 0 Å². The second-order valence-electron chi connectivity index (χ2n) is 14.4. The van der Waals surface area contributed by atoms with Gasteiger partial charge in [-0.2, -0.15) is 0 Å². The third-order valence-corrected chi connectivity index (χ3v) is 11.6. The molecule has 0 aromatic heterocycles. The van der Waals surface area contributed by atoms with Gasteiger partial charge >= 0.3 is 5.97 Å². The van der Waals surface area contributed by atoms with Gasteiger partial charge in [-0.1, -0.05) is 79.4 Å². The maximum Gasteiger partial charge on any atom is 0.323 e. The van der Waals surface area contributed by atoms with E-state index < -0.39 is 12.1 Å². The molecule has 4 heteroatoms. The molecule has 0 heterocycles. The zero-order chi connectivity index (χ0) is 26.4. The maximum absolute atomic E-state index is 13.0. The molecule has 4 aliphatic rings. The Morgan fingerprint density at radius 1 is 1.11 bits per heavy atom. The van der Waals surface area contributed by atoms with E-state index in [9.17, 15) is 9.90 Å². The molecule has 3 N–H and O–H groups in total. The van der Waals surface area contributed by atoms with E-state index in [1.54, 1.807) is 0 Å². The average molecular weight is 502 g/mol. The van der Waals surface area contributed by atoms with Crippen molar-refractivity contribution in [3.8, 4) is 0 Å². The van der Waals surface area contributed by atoms with E-state index in [1.165, 1.54) is 50.5 Å². The minimum absolute atomic E-state index is 0.0428. The maximum atomic E-state index is 13.0. The monoisotopic (exact) mass is 501 g/mol. The van der Waals surface area contributed by atoms with Crippen LogP contribution in [-0.2, 0) is 9.53 Å². The van der Waals surface area contributed by atoms with Crippen molar-refractivity contribution >= 4 is 5.97 Å². The van der Waals surface area contributed by atoms with Gasteiger partial charge in [0, 0.05) is 11.8 Å². The predicted molar refractivity (Wildman–Crippen MR) is 147 cm³/mol. The minimum atomic E-state index is -0.609. The normalized spacial score (nSPS) is 41.8. The molecule has 36 heavy (non-hydrogen) atoms. The molecule has 206 valence electrons. The molecule has 0 aliphatic heterocycles. The van der Waals surface area contributed by atoms with Gasteiger partial charge in [-0.05, 0) is 85.4 Å². The van der Waals surface area contributed by atoms with Crippen LogP contribution in [0.1, 0.15) is 113 Å². The average Bonchev–Trinajstić information content (AvgIpc) is 3.16. The summed E-state index contributed by atoms with van der Waals surface area (Å²) in [4.78, 5) is 13.0. The van der Waals surface area contributed by atoms with E-state index in [2.05, 4.69) is 40.7 Å². The molecular weight excluding hydrogens is 446 g/mol. The standard InChI is InChI=1S/C32H55NO3/c1-19(2)9-8-10-21(5)25-13-14-26-24-12-11-22-17-23(34)18-28(36-30(35)29(33)20(3)4)32(22,7)27(24)15-16-31(25,26)6/h11,19-21,23-29,34H,8-10,12-18,33H2,1-7H3/t21-,23-,24+,25-,26+,27+,28?,29+,31-,32+/m1/s1. The molecule has 0 spiro atoms. The number of carbonyl (C=O) groups excluding carboxylic acids is 1. The van der Waals surface area contributed by atoms with Crippen LogP contribution >= 0.6 is 0 Å². The van der Waals surface area contributed by atoms with Gasteiger partial charge in [-0.3, -0.25) is 4.79 Å². The number of hydrogen-bond donors (Lipinski definition) is 2. The number of hydrogen-bond acceptors (Lipinski definition) is 4. The largest absolute Gasteiger partial charge is 0.460 e. The van der Waals surface area contributed by atoms with Crippen molar-refractivity contribution in [1.29, 1.82) is 0 Å². The van der Waals surface area contributed by atoms with Crippen LogP contribution in [0, 0.1) is 52.3 Å². The Labute approximate surface area is 221 Å². The first-order chi connectivity index (χ1) is 16.9. The van der Waals surface area contributed by atoms with Gasteiger partial charge in [-0.25, -0.2) is 0 Å². The number of fused-ring (bicyclic) bond motifs is 5. The van der Waals surface area contributed by atoms with E-state index in [4.69, 9.17) is 10.5 Å². The Morgan fingerprint density at radius 3 is 2.50 bits per heavy atom. The zero-order valence-corrected chi connectivity index (χ0v) is 24.3. The molecule has 4 nitrogen and oxygen atoms in total. The third kappa shape index (κ3) is 4.95. The van der Waals surface area contributed by atoms with Crippen LogP contribution in [0.25, 0.3) is 0 Å².